The van der Waals surface area contributed by atoms with Gasteiger partial charge in [0.1, 0.15) is 5.60 Å². The quantitative estimate of drug-likeness (QED) is 0.749. The van der Waals surface area contributed by atoms with Crippen LogP contribution in [0, 0.1) is 5.92 Å². The Morgan fingerprint density at radius 1 is 1.04 bits per heavy atom. The molecule has 0 unspecified atom stereocenters. The second-order valence-corrected chi connectivity index (χ2v) is 7.06. The highest BCUT2D eigenvalue weighted by Crippen LogP contribution is 2.37. The van der Waals surface area contributed by atoms with Crippen molar-refractivity contribution in [2.45, 2.75) is 32.3 Å². The van der Waals surface area contributed by atoms with Crippen LogP contribution in [0.3, 0.4) is 0 Å². The van der Waals surface area contributed by atoms with Crippen molar-refractivity contribution in [3.63, 3.8) is 0 Å². The molecule has 0 saturated heterocycles. The number of hydrogen-bond donors (Lipinski definition) is 1. The zero-order chi connectivity index (χ0) is 18.3. The molecule has 0 aromatic heterocycles. The molecule has 0 aliphatic carbocycles. The third-order valence-electron chi connectivity index (χ3n) is 4.67. The van der Waals surface area contributed by atoms with E-state index in [1.54, 1.807) is 0 Å². The maximum absolute atomic E-state index is 12.4. The van der Waals surface area contributed by atoms with Crippen molar-refractivity contribution in [3.8, 4) is 0 Å². The number of carbonyl (C=O) groups is 1. The van der Waals surface area contributed by atoms with Gasteiger partial charge in [0, 0.05) is 18.8 Å². The van der Waals surface area contributed by atoms with Crippen LogP contribution >= 0.6 is 0 Å². The number of carbonyl (C=O) groups excluding carboxylic acids is 1. The first kappa shape index (κ1) is 19.2. The van der Waals surface area contributed by atoms with Crippen LogP contribution in [0.25, 0.3) is 0 Å². The first-order chi connectivity index (χ1) is 12.0. The molecule has 0 spiro atoms. The lowest BCUT2D eigenvalue weighted by Gasteiger charge is -2.39. The van der Waals surface area contributed by atoms with Gasteiger partial charge in [-0.3, -0.25) is 4.79 Å². The Morgan fingerprint density at radius 2 is 1.60 bits per heavy atom. The maximum atomic E-state index is 12.4. The van der Waals surface area contributed by atoms with Crippen molar-refractivity contribution >= 4 is 5.97 Å². The molecule has 2 aromatic rings. The van der Waals surface area contributed by atoms with Crippen LogP contribution < -0.4 is 4.90 Å². The Balaban J connectivity index is 2.53. The summed E-state index contributed by atoms with van der Waals surface area (Å²) < 4.78 is 6.19. The van der Waals surface area contributed by atoms with Crippen LogP contribution in [0.1, 0.15) is 31.4 Å². The first-order valence-corrected chi connectivity index (χ1v) is 9.08. The highest BCUT2D eigenvalue weighted by Gasteiger charge is 2.43. The SMILES string of the molecule is CCC(=O)O[C@@](Cc1ccccc1)(c1ccccc1)[C@@H](C)C[NH+](C)C. The van der Waals surface area contributed by atoms with E-state index in [4.69, 9.17) is 4.74 Å². The van der Waals surface area contributed by atoms with Crippen molar-refractivity contribution in [3.05, 3.63) is 71.8 Å². The molecule has 0 radical (unpaired) electrons. The van der Waals surface area contributed by atoms with Crippen LogP contribution in [0.2, 0.25) is 0 Å². The topological polar surface area (TPSA) is 30.7 Å². The van der Waals surface area contributed by atoms with Gasteiger partial charge in [0.25, 0.3) is 0 Å². The number of nitrogens with one attached hydrogen (secondary N) is 1. The molecule has 3 nitrogen and oxygen atoms in total. The number of esters is 1. The highest BCUT2D eigenvalue weighted by atomic mass is 16.6. The van der Waals surface area contributed by atoms with Gasteiger partial charge >= 0.3 is 5.97 Å². The van der Waals surface area contributed by atoms with E-state index < -0.39 is 5.60 Å². The second-order valence-electron chi connectivity index (χ2n) is 7.06. The summed E-state index contributed by atoms with van der Waals surface area (Å²) in [6.45, 7) is 4.95. The minimum Gasteiger partial charge on any atom is -0.453 e. The highest BCUT2D eigenvalue weighted by molar-refractivity contribution is 5.69. The number of hydrogen-bond acceptors (Lipinski definition) is 2. The molecule has 0 aliphatic rings. The molecule has 134 valence electrons. The minimum absolute atomic E-state index is 0.152. The van der Waals surface area contributed by atoms with E-state index in [0.717, 1.165) is 12.1 Å². The molecular formula is C22H30NO2+. The molecule has 2 rings (SSSR count). The normalized spacial score (nSPS) is 14.8. The number of rotatable bonds is 8. The van der Waals surface area contributed by atoms with Crippen molar-refractivity contribution in [1.82, 2.24) is 0 Å². The maximum Gasteiger partial charge on any atom is 0.306 e. The number of benzene rings is 2. The molecule has 0 saturated carbocycles. The molecular weight excluding hydrogens is 310 g/mol. The van der Waals surface area contributed by atoms with E-state index in [-0.39, 0.29) is 11.9 Å². The van der Waals surface area contributed by atoms with Crippen molar-refractivity contribution in [2.75, 3.05) is 20.6 Å². The van der Waals surface area contributed by atoms with Gasteiger partial charge < -0.3 is 9.64 Å². The number of quaternary nitrogens is 1. The Hall–Kier alpha value is -2.13. The molecule has 3 heteroatoms. The Labute approximate surface area is 151 Å². The number of ether oxygens (including phenoxy) is 1. The Bertz CT molecular complexity index is 654. The molecule has 0 heterocycles. The Kier molecular flexibility index (Phi) is 6.77. The zero-order valence-electron chi connectivity index (χ0n) is 15.8. The van der Waals surface area contributed by atoms with E-state index in [0.29, 0.717) is 12.8 Å². The predicted octanol–water partition coefficient (Wildman–Crippen LogP) is 2.86. The minimum atomic E-state index is -0.660. The second kappa shape index (κ2) is 8.82. The monoisotopic (exact) mass is 340 g/mol. The molecule has 2 aromatic carbocycles. The lowest BCUT2D eigenvalue weighted by molar-refractivity contribution is -0.863. The molecule has 2 atom stereocenters. The molecule has 0 amide bonds. The van der Waals surface area contributed by atoms with Gasteiger partial charge in [-0.2, -0.15) is 0 Å². The van der Waals surface area contributed by atoms with Crippen LogP contribution in [0.15, 0.2) is 60.7 Å². The molecule has 0 aliphatic heterocycles. The van der Waals surface area contributed by atoms with E-state index in [9.17, 15) is 4.79 Å². The van der Waals surface area contributed by atoms with Crippen molar-refractivity contribution < 1.29 is 14.4 Å². The lowest BCUT2D eigenvalue weighted by atomic mass is 9.77. The summed E-state index contributed by atoms with van der Waals surface area (Å²) in [4.78, 5) is 13.7. The smallest absolute Gasteiger partial charge is 0.306 e. The summed E-state index contributed by atoms with van der Waals surface area (Å²) in [5.74, 6) is 0.0241. The molecule has 25 heavy (non-hydrogen) atoms. The average Bonchev–Trinajstić information content (AvgIpc) is 2.62. The summed E-state index contributed by atoms with van der Waals surface area (Å²) in [5, 5.41) is 0. The van der Waals surface area contributed by atoms with Gasteiger partial charge in [-0.15, -0.1) is 0 Å². The van der Waals surface area contributed by atoms with Crippen LogP contribution in [0.4, 0.5) is 0 Å². The molecule has 1 N–H and O–H groups in total. The fraction of sp³-hybridized carbons (Fsp3) is 0.409. The van der Waals surface area contributed by atoms with Gasteiger partial charge in [0.05, 0.1) is 20.6 Å². The standard InChI is InChI=1S/C22H29NO2/c1-5-21(24)25-22(18(2)17-23(3)4,20-14-10-7-11-15-20)16-19-12-8-6-9-13-19/h6-15,18H,5,16-17H2,1-4H3/p+1/t18-,22+/m0/s1. The van der Waals surface area contributed by atoms with Gasteiger partial charge in [0.15, 0.2) is 0 Å². The largest absolute Gasteiger partial charge is 0.453 e. The van der Waals surface area contributed by atoms with Crippen LogP contribution in [-0.2, 0) is 21.6 Å². The Morgan fingerprint density at radius 3 is 2.12 bits per heavy atom. The molecule has 0 bridgehead atoms. The zero-order valence-corrected chi connectivity index (χ0v) is 15.8. The fourth-order valence-electron chi connectivity index (χ4n) is 3.43. The first-order valence-electron chi connectivity index (χ1n) is 9.08. The third-order valence-corrected chi connectivity index (χ3v) is 4.67. The summed E-state index contributed by atoms with van der Waals surface area (Å²) in [7, 11) is 4.27. The van der Waals surface area contributed by atoms with Gasteiger partial charge in [-0.05, 0) is 11.1 Å². The van der Waals surface area contributed by atoms with Gasteiger partial charge in [0.2, 0.25) is 0 Å². The van der Waals surface area contributed by atoms with Crippen molar-refractivity contribution in [2.24, 2.45) is 5.92 Å². The fourth-order valence-corrected chi connectivity index (χ4v) is 3.43. The lowest BCUT2D eigenvalue weighted by Crippen LogP contribution is -3.06. The van der Waals surface area contributed by atoms with E-state index in [1.165, 1.54) is 10.5 Å². The average molecular weight is 340 g/mol. The third kappa shape index (κ3) is 4.93. The summed E-state index contributed by atoms with van der Waals surface area (Å²) >= 11 is 0. The van der Waals surface area contributed by atoms with Gasteiger partial charge in [-0.1, -0.05) is 74.5 Å². The van der Waals surface area contributed by atoms with E-state index in [1.807, 2.05) is 43.3 Å². The van der Waals surface area contributed by atoms with Gasteiger partial charge in [-0.25, -0.2) is 0 Å². The predicted molar refractivity (Wildman–Crippen MR) is 101 cm³/mol. The summed E-state index contributed by atoms with van der Waals surface area (Å²) in [6, 6.07) is 20.5. The van der Waals surface area contributed by atoms with Crippen LogP contribution in [-0.4, -0.2) is 26.6 Å². The molecule has 0 fully saturated rings. The van der Waals surface area contributed by atoms with Crippen LogP contribution in [0.5, 0.6) is 0 Å². The summed E-state index contributed by atoms with van der Waals surface area (Å²) in [6.07, 6.45) is 1.06. The van der Waals surface area contributed by atoms with E-state index in [2.05, 4.69) is 45.3 Å². The van der Waals surface area contributed by atoms with E-state index >= 15 is 0 Å². The summed E-state index contributed by atoms with van der Waals surface area (Å²) in [5.41, 5.74) is 1.58. The van der Waals surface area contributed by atoms with Crippen molar-refractivity contribution in [1.29, 1.82) is 0 Å².